The van der Waals surface area contributed by atoms with E-state index in [2.05, 4.69) is 15.4 Å². The van der Waals surface area contributed by atoms with Gasteiger partial charge in [0.2, 0.25) is 5.95 Å². The average molecular weight is 330 g/mol. The Morgan fingerprint density at radius 2 is 1.83 bits per heavy atom. The number of anilines is 2. The molecule has 1 heterocycles. The molecular formula is C17H16F2N4O. The van der Waals surface area contributed by atoms with Crippen LogP contribution in [0.2, 0.25) is 0 Å². The van der Waals surface area contributed by atoms with Gasteiger partial charge in [0.1, 0.15) is 18.0 Å². The molecule has 2 N–H and O–H groups in total. The monoisotopic (exact) mass is 330 g/mol. The predicted molar refractivity (Wildman–Crippen MR) is 86.4 cm³/mol. The minimum absolute atomic E-state index is 0.238. The van der Waals surface area contributed by atoms with E-state index in [4.69, 9.17) is 0 Å². The summed E-state index contributed by atoms with van der Waals surface area (Å²) < 4.78 is 27.9. The number of nitrogens with one attached hydrogen (secondary N) is 1. The number of rotatable bonds is 4. The SMILES string of the molecule is Cc1ccc(C(C)O)cc1Nc1ncn(-c2cc(F)cc(F)c2)n1. The quantitative estimate of drug-likeness (QED) is 0.766. The smallest absolute Gasteiger partial charge is 0.246 e. The first-order valence-electron chi connectivity index (χ1n) is 7.36. The van der Waals surface area contributed by atoms with Crippen LogP contribution in [0.1, 0.15) is 24.2 Å². The molecule has 0 amide bonds. The lowest BCUT2D eigenvalue weighted by Crippen LogP contribution is -2.00. The highest BCUT2D eigenvalue weighted by atomic mass is 19.1. The standard InChI is InChI=1S/C17H16F2N4O/c1-10-3-4-12(11(2)24)5-16(10)21-17-20-9-23(22-17)15-7-13(18)6-14(19)8-15/h3-9,11,24H,1-2H3,(H,21,22). The molecule has 1 atom stereocenters. The Bertz CT molecular complexity index is 857. The third-order valence-corrected chi connectivity index (χ3v) is 3.59. The summed E-state index contributed by atoms with van der Waals surface area (Å²) in [5, 5.41) is 16.9. The van der Waals surface area contributed by atoms with Gasteiger partial charge in [0, 0.05) is 11.8 Å². The topological polar surface area (TPSA) is 63.0 Å². The van der Waals surface area contributed by atoms with Gasteiger partial charge in [0.05, 0.1) is 11.8 Å². The van der Waals surface area contributed by atoms with E-state index in [9.17, 15) is 13.9 Å². The molecule has 3 aromatic rings. The lowest BCUT2D eigenvalue weighted by Gasteiger charge is -2.10. The van der Waals surface area contributed by atoms with Crippen LogP contribution in [0.4, 0.5) is 20.4 Å². The van der Waals surface area contributed by atoms with Crippen molar-refractivity contribution >= 4 is 11.6 Å². The van der Waals surface area contributed by atoms with E-state index in [1.54, 1.807) is 6.92 Å². The molecule has 1 unspecified atom stereocenters. The van der Waals surface area contributed by atoms with E-state index < -0.39 is 17.7 Å². The highest BCUT2D eigenvalue weighted by Gasteiger charge is 2.09. The Labute approximate surface area is 137 Å². The van der Waals surface area contributed by atoms with Crippen LogP contribution >= 0.6 is 0 Å². The molecule has 124 valence electrons. The van der Waals surface area contributed by atoms with Crippen molar-refractivity contribution in [2.24, 2.45) is 0 Å². The molecule has 2 aromatic carbocycles. The number of hydrogen-bond donors (Lipinski definition) is 2. The van der Waals surface area contributed by atoms with E-state index >= 15 is 0 Å². The molecule has 0 radical (unpaired) electrons. The maximum Gasteiger partial charge on any atom is 0.246 e. The Morgan fingerprint density at radius 3 is 2.50 bits per heavy atom. The van der Waals surface area contributed by atoms with Gasteiger partial charge in [-0.2, -0.15) is 4.98 Å². The zero-order chi connectivity index (χ0) is 17.3. The minimum atomic E-state index is -0.685. The van der Waals surface area contributed by atoms with Crippen molar-refractivity contribution in [3.05, 3.63) is 65.5 Å². The largest absolute Gasteiger partial charge is 0.389 e. The molecule has 0 bridgehead atoms. The summed E-state index contributed by atoms with van der Waals surface area (Å²) >= 11 is 0. The zero-order valence-electron chi connectivity index (χ0n) is 13.2. The van der Waals surface area contributed by atoms with Crippen LogP contribution in [0, 0.1) is 18.6 Å². The summed E-state index contributed by atoms with van der Waals surface area (Å²) in [4.78, 5) is 4.10. The van der Waals surface area contributed by atoms with Crippen LogP contribution in [0.15, 0.2) is 42.7 Å². The van der Waals surface area contributed by atoms with Crippen LogP contribution in [0.25, 0.3) is 5.69 Å². The lowest BCUT2D eigenvalue weighted by atomic mass is 10.1. The van der Waals surface area contributed by atoms with Gasteiger partial charge < -0.3 is 10.4 Å². The normalized spacial score (nSPS) is 12.2. The van der Waals surface area contributed by atoms with Crippen molar-refractivity contribution in [3.63, 3.8) is 0 Å². The van der Waals surface area contributed by atoms with E-state index in [0.29, 0.717) is 0 Å². The number of aliphatic hydroxyl groups excluding tert-OH is 1. The highest BCUT2D eigenvalue weighted by molar-refractivity contribution is 5.59. The molecule has 0 saturated heterocycles. The predicted octanol–water partition coefficient (Wildman–Crippen LogP) is 3.65. The Hall–Kier alpha value is -2.80. The summed E-state index contributed by atoms with van der Waals surface area (Å²) in [7, 11) is 0. The number of aromatic nitrogens is 3. The second kappa shape index (κ2) is 6.37. The van der Waals surface area contributed by atoms with Gasteiger partial charge >= 0.3 is 0 Å². The second-order valence-electron chi connectivity index (χ2n) is 5.52. The van der Waals surface area contributed by atoms with E-state index in [1.165, 1.54) is 23.1 Å². The zero-order valence-corrected chi connectivity index (χ0v) is 13.2. The molecule has 0 aliphatic carbocycles. The number of aliphatic hydroxyl groups is 1. The molecular weight excluding hydrogens is 314 g/mol. The first-order chi connectivity index (χ1) is 11.4. The molecule has 0 aliphatic rings. The minimum Gasteiger partial charge on any atom is -0.389 e. The first-order valence-corrected chi connectivity index (χ1v) is 7.36. The van der Waals surface area contributed by atoms with E-state index in [-0.39, 0.29) is 11.6 Å². The average Bonchev–Trinajstić information content (AvgIpc) is 2.97. The van der Waals surface area contributed by atoms with Crippen molar-refractivity contribution in [1.29, 1.82) is 0 Å². The number of aryl methyl sites for hydroxylation is 1. The van der Waals surface area contributed by atoms with Gasteiger partial charge in [0.25, 0.3) is 0 Å². The van der Waals surface area contributed by atoms with Crippen molar-refractivity contribution in [1.82, 2.24) is 14.8 Å². The maximum atomic E-state index is 13.3. The molecule has 0 aliphatic heterocycles. The summed E-state index contributed by atoms with van der Waals surface area (Å²) in [6, 6.07) is 8.66. The van der Waals surface area contributed by atoms with Gasteiger partial charge in [-0.15, -0.1) is 5.10 Å². The number of nitrogens with zero attached hydrogens (tertiary/aromatic N) is 3. The lowest BCUT2D eigenvalue weighted by molar-refractivity contribution is 0.199. The molecule has 3 rings (SSSR count). The molecule has 0 saturated carbocycles. The van der Waals surface area contributed by atoms with Crippen LogP contribution in [0.5, 0.6) is 0 Å². The molecule has 7 heteroatoms. The number of hydrogen-bond acceptors (Lipinski definition) is 4. The number of benzene rings is 2. The van der Waals surface area contributed by atoms with Crippen molar-refractivity contribution < 1.29 is 13.9 Å². The van der Waals surface area contributed by atoms with Crippen molar-refractivity contribution in [2.75, 3.05) is 5.32 Å². The second-order valence-corrected chi connectivity index (χ2v) is 5.52. The third kappa shape index (κ3) is 3.41. The summed E-state index contributed by atoms with van der Waals surface area (Å²) in [5.41, 5.74) is 2.70. The Morgan fingerprint density at radius 1 is 1.12 bits per heavy atom. The third-order valence-electron chi connectivity index (χ3n) is 3.59. The van der Waals surface area contributed by atoms with Gasteiger partial charge in [-0.25, -0.2) is 13.5 Å². The fraction of sp³-hybridized carbons (Fsp3) is 0.176. The van der Waals surface area contributed by atoms with E-state index in [1.807, 2.05) is 25.1 Å². The van der Waals surface area contributed by atoms with Crippen LogP contribution < -0.4 is 5.32 Å². The van der Waals surface area contributed by atoms with Gasteiger partial charge in [-0.1, -0.05) is 12.1 Å². The number of halogens is 2. The van der Waals surface area contributed by atoms with Gasteiger partial charge in [-0.05, 0) is 43.2 Å². The molecule has 1 aromatic heterocycles. The highest BCUT2D eigenvalue weighted by Crippen LogP contribution is 2.23. The van der Waals surface area contributed by atoms with E-state index in [0.717, 1.165) is 22.9 Å². The molecule has 0 spiro atoms. The van der Waals surface area contributed by atoms with Crippen LogP contribution in [-0.4, -0.2) is 19.9 Å². The van der Waals surface area contributed by atoms with Crippen LogP contribution in [0.3, 0.4) is 0 Å². The summed E-state index contributed by atoms with van der Waals surface area (Å²) in [5.74, 6) is -1.09. The molecule has 24 heavy (non-hydrogen) atoms. The first kappa shape index (κ1) is 16.1. The molecule has 0 fully saturated rings. The van der Waals surface area contributed by atoms with Crippen molar-refractivity contribution in [2.45, 2.75) is 20.0 Å². The Kier molecular flexibility index (Phi) is 4.26. The fourth-order valence-corrected chi connectivity index (χ4v) is 2.27. The van der Waals surface area contributed by atoms with Crippen molar-refractivity contribution in [3.8, 4) is 5.69 Å². The summed E-state index contributed by atoms with van der Waals surface area (Å²) in [6.07, 6.45) is 0.775. The van der Waals surface area contributed by atoms with Crippen LogP contribution in [-0.2, 0) is 0 Å². The molecule has 5 nitrogen and oxygen atoms in total. The Balaban J connectivity index is 1.88. The van der Waals surface area contributed by atoms with Gasteiger partial charge in [-0.3, -0.25) is 0 Å². The summed E-state index contributed by atoms with van der Waals surface area (Å²) in [6.45, 7) is 3.59. The fourth-order valence-electron chi connectivity index (χ4n) is 2.27. The van der Waals surface area contributed by atoms with Gasteiger partial charge in [0.15, 0.2) is 0 Å². The maximum absolute atomic E-state index is 13.3.